The molecule has 0 aliphatic carbocycles. The first-order valence-corrected chi connectivity index (χ1v) is 7.52. The highest BCUT2D eigenvalue weighted by Gasteiger charge is 2.27. The fourth-order valence-electron chi connectivity index (χ4n) is 1.47. The van der Waals surface area contributed by atoms with E-state index in [1.807, 2.05) is 20.8 Å². The van der Waals surface area contributed by atoms with Crippen LogP contribution in [0.3, 0.4) is 0 Å². The Hall–Kier alpha value is -0.780. The van der Waals surface area contributed by atoms with Crippen molar-refractivity contribution in [3.8, 4) is 0 Å². The molecule has 0 aliphatic heterocycles. The molecule has 0 radical (unpaired) electrons. The molecule has 0 heterocycles. The molecule has 1 aromatic carbocycles. The van der Waals surface area contributed by atoms with Crippen LogP contribution in [0.25, 0.3) is 0 Å². The second kappa shape index (κ2) is 5.47. The summed E-state index contributed by atoms with van der Waals surface area (Å²) >= 11 is 5.86. The molecule has 0 aliphatic rings. The molecule has 0 bridgehead atoms. The van der Waals surface area contributed by atoms with Gasteiger partial charge in [0.05, 0.1) is 15.6 Å². The lowest BCUT2D eigenvalue weighted by Crippen LogP contribution is -2.38. The lowest BCUT2D eigenvalue weighted by Gasteiger charge is -2.27. The Morgan fingerprint density at radius 1 is 1.28 bits per heavy atom. The zero-order chi connectivity index (χ0) is 14.1. The maximum atomic E-state index is 12.4. The van der Waals surface area contributed by atoms with Crippen molar-refractivity contribution in [1.29, 1.82) is 0 Å². The Balaban J connectivity index is 3.17. The van der Waals surface area contributed by atoms with E-state index >= 15 is 0 Å². The number of hydrogen-bond acceptors (Lipinski definition) is 3. The van der Waals surface area contributed by atoms with Gasteiger partial charge in [0.25, 0.3) is 0 Å². The summed E-state index contributed by atoms with van der Waals surface area (Å²) < 4.78 is 26.1. The smallest absolute Gasteiger partial charge is 0.243 e. The molecule has 0 saturated heterocycles. The summed E-state index contributed by atoms with van der Waals surface area (Å²) in [7, 11) is -1.96. The normalized spacial score (nSPS) is 14.2. The first kappa shape index (κ1) is 15.3. The topological polar surface area (TPSA) is 63.4 Å². The average molecular weight is 291 g/mol. The van der Waals surface area contributed by atoms with Crippen LogP contribution in [0.2, 0.25) is 5.02 Å². The lowest BCUT2D eigenvalue weighted by molar-refractivity contribution is 0.316. The van der Waals surface area contributed by atoms with E-state index in [-0.39, 0.29) is 21.9 Å². The zero-order valence-electron chi connectivity index (χ0n) is 11.0. The van der Waals surface area contributed by atoms with Gasteiger partial charge in [0, 0.05) is 13.1 Å². The number of rotatable bonds is 4. The van der Waals surface area contributed by atoms with Crippen molar-refractivity contribution in [2.45, 2.75) is 31.7 Å². The zero-order valence-corrected chi connectivity index (χ0v) is 12.6. The monoisotopic (exact) mass is 290 g/mol. The van der Waals surface area contributed by atoms with Gasteiger partial charge in [-0.1, -0.05) is 25.4 Å². The molecular formula is C12H19ClN2O2S. The molecule has 4 nitrogen and oxygen atoms in total. The van der Waals surface area contributed by atoms with Crippen LogP contribution >= 0.6 is 11.6 Å². The second-order valence-corrected chi connectivity index (χ2v) is 7.09. The first-order chi connectivity index (χ1) is 8.17. The molecule has 0 fully saturated rings. The molecule has 1 aromatic rings. The van der Waals surface area contributed by atoms with E-state index in [2.05, 4.69) is 0 Å². The van der Waals surface area contributed by atoms with Crippen LogP contribution in [-0.4, -0.2) is 25.8 Å². The van der Waals surface area contributed by atoms with Crippen LogP contribution < -0.4 is 5.73 Å². The molecule has 18 heavy (non-hydrogen) atoms. The fraction of sp³-hybridized carbons (Fsp3) is 0.500. The number of nitrogen functional groups attached to an aromatic ring is 1. The van der Waals surface area contributed by atoms with Crippen LogP contribution in [0, 0.1) is 5.92 Å². The van der Waals surface area contributed by atoms with E-state index < -0.39 is 10.0 Å². The van der Waals surface area contributed by atoms with Crippen molar-refractivity contribution in [2.75, 3.05) is 12.8 Å². The van der Waals surface area contributed by atoms with Gasteiger partial charge in [0.15, 0.2) is 0 Å². The largest absolute Gasteiger partial charge is 0.398 e. The molecule has 1 atom stereocenters. The minimum absolute atomic E-state index is 0.0914. The van der Waals surface area contributed by atoms with Gasteiger partial charge in [-0.05, 0) is 31.0 Å². The molecule has 0 amide bonds. The quantitative estimate of drug-likeness (QED) is 0.867. The van der Waals surface area contributed by atoms with Crippen LogP contribution in [0.4, 0.5) is 5.69 Å². The van der Waals surface area contributed by atoms with Gasteiger partial charge in [-0.25, -0.2) is 8.42 Å². The molecule has 0 saturated carbocycles. The summed E-state index contributed by atoms with van der Waals surface area (Å²) in [5, 5.41) is 0.252. The Kier molecular flexibility index (Phi) is 4.64. The fourth-order valence-corrected chi connectivity index (χ4v) is 3.24. The van der Waals surface area contributed by atoms with E-state index in [4.69, 9.17) is 17.3 Å². The lowest BCUT2D eigenvalue weighted by atomic mass is 10.1. The maximum absolute atomic E-state index is 12.4. The maximum Gasteiger partial charge on any atom is 0.243 e. The van der Waals surface area contributed by atoms with Gasteiger partial charge in [-0.15, -0.1) is 0 Å². The third kappa shape index (κ3) is 2.96. The summed E-state index contributed by atoms with van der Waals surface area (Å²) in [6.45, 7) is 5.83. The van der Waals surface area contributed by atoms with E-state index in [1.54, 1.807) is 7.05 Å². The molecule has 6 heteroatoms. The van der Waals surface area contributed by atoms with Crippen LogP contribution in [-0.2, 0) is 10.0 Å². The SMILES string of the molecule is CC(C)C(C)N(C)S(=O)(=O)c1ccc(N)c(Cl)c1. The first-order valence-electron chi connectivity index (χ1n) is 5.71. The van der Waals surface area contributed by atoms with Gasteiger partial charge in [0.1, 0.15) is 0 Å². The van der Waals surface area contributed by atoms with Crippen LogP contribution in [0.1, 0.15) is 20.8 Å². The minimum atomic E-state index is -3.53. The van der Waals surface area contributed by atoms with Gasteiger partial charge in [-0.2, -0.15) is 4.31 Å². The molecular weight excluding hydrogens is 272 g/mol. The van der Waals surface area contributed by atoms with Crippen molar-refractivity contribution in [3.63, 3.8) is 0 Å². The standard InChI is InChI=1S/C12H19ClN2O2S/c1-8(2)9(3)15(4)18(16,17)10-5-6-12(14)11(13)7-10/h5-9H,14H2,1-4H3. The molecule has 1 unspecified atom stereocenters. The van der Waals surface area contributed by atoms with Crippen molar-refractivity contribution in [2.24, 2.45) is 5.92 Å². The van der Waals surface area contributed by atoms with Gasteiger partial charge in [0.2, 0.25) is 10.0 Å². The number of benzene rings is 1. The highest BCUT2D eigenvalue weighted by Crippen LogP contribution is 2.26. The summed E-state index contributed by atoms with van der Waals surface area (Å²) in [5.41, 5.74) is 5.95. The molecule has 0 aromatic heterocycles. The molecule has 2 N–H and O–H groups in total. The number of nitrogens with zero attached hydrogens (tertiary/aromatic N) is 1. The average Bonchev–Trinajstić information content (AvgIpc) is 2.30. The van der Waals surface area contributed by atoms with E-state index in [1.165, 1.54) is 22.5 Å². The Labute approximate surface area is 114 Å². The van der Waals surface area contributed by atoms with E-state index in [0.29, 0.717) is 5.69 Å². The summed E-state index contributed by atoms with van der Waals surface area (Å²) in [4.78, 5) is 0.164. The van der Waals surface area contributed by atoms with E-state index in [9.17, 15) is 8.42 Å². The highest BCUT2D eigenvalue weighted by atomic mass is 35.5. The van der Waals surface area contributed by atoms with Crippen molar-refractivity contribution in [3.05, 3.63) is 23.2 Å². The number of anilines is 1. The third-order valence-electron chi connectivity index (χ3n) is 3.19. The molecule has 102 valence electrons. The number of sulfonamides is 1. The molecule has 0 spiro atoms. The number of nitrogens with two attached hydrogens (primary N) is 1. The van der Waals surface area contributed by atoms with Crippen molar-refractivity contribution in [1.82, 2.24) is 4.31 Å². The van der Waals surface area contributed by atoms with Crippen molar-refractivity contribution >= 4 is 27.3 Å². The minimum Gasteiger partial charge on any atom is -0.398 e. The Morgan fingerprint density at radius 3 is 2.28 bits per heavy atom. The Bertz CT molecular complexity index is 529. The second-order valence-electron chi connectivity index (χ2n) is 4.69. The van der Waals surface area contributed by atoms with E-state index in [0.717, 1.165) is 0 Å². The number of halogens is 1. The van der Waals surface area contributed by atoms with Gasteiger partial charge in [-0.3, -0.25) is 0 Å². The van der Waals surface area contributed by atoms with Crippen LogP contribution in [0.5, 0.6) is 0 Å². The van der Waals surface area contributed by atoms with Crippen LogP contribution in [0.15, 0.2) is 23.1 Å². The number of hydrogen-bond donors (Lipinski definition) is 1. The predicted octanol–water partition coefficient (Wildman–Crippen LogP) is 2.59. The van der Waals surface area contributed by atoms with Gasteiger partial charge >= 0.3 is 0 Å². The summed E-state index contributed by atoms with van der Waals surface area (Å²) in [6.07, 6.45) is 0. The Morgan fingerprint density at radius 2 is 1.83 bits per heavy atom. The summed E-state index contributed by atoms with van der Waals surface area (Å²) in [5.74, 6) is 0.231. The predicted molar refractivity (Wildman–Crippen MR) is 75.1 cm³/mol. The third-order valence-corrected chi connectivity index (χ3v) is 5.46. The summed E-state index contributed by atoms with van der Waals surface area (Å²) in [6, 6.07) is 4.27. The van der Waals surface area contributed by atoms with Gasteiger partial charge < -0.3 is 5.73 Å². The molecule has 1 rings (SSSR count). The highest BCUT2D eigenvalue weighted by molar-refractivity contribution is 7.89. The van der Waals surface area contributed by atoms with Crippen molar-refractivity contribution < 1.29 is 8.42 Å².